The van der Waals surface area contributed by atoms with Crippen molar-refractivity contribution in [3.05, 3.63) is 5.82 Å². The van der Waals surface area contributed by atoms with E-state index in [0.29, 0.717) is 11.9 Å². The molecular formula is C9H14N4O. The highest BCUT2D eigenvalue weighted by Gasteiger charge is 2.36. The van der Waals surface area contributed by atoms with E-state index in [2.05, 4.69) is 15.4 Å². The third-order valence-electron chi connectivity index (χ3n) is 3.02. The fourth-order valence-corrected chi connectivity index (χ4v) is 2.16. The van der Waals surface area contributed by atoms with Crippen LogP contribution in [0.2, 0.25) is 0 Å². The van der Waals surface area contributed by atoms with Crippen LogP contribution in [0.4, 0.5) is 5.95 Å². The summed E-state index contributed by atoms with van der Waals surface area (Å²) < 4.78 is 1.96. The van der Waals surface area contributed by atoms with Crippen molar-refractivity contribution >= 4 is 5.95 Å². The van der Waals surface area contributed by atoms with E-state index in [0.717, 1.165) is 24.8 Å². The Kier molecular flexibility index (Phi) is 1.73. The van der Waals surface area contributed by atoms with Crippen molar-refractivity contribution in [3.63, 3.8) is 0 Å². The Morgan fingerprint density at radius 3 is 3.00 bits per heavy atom. The van der Waals surface area contributed by atoms with Crippen LogP contribution in [0.3, 0.4) is 0 Å². The Bertz CT molecular complexity index is 345. The van der Waals surface area contributed by atoms with Crippen molar-refractivity contribution in [2.75, 3.05) is 11.9 Å². The topological polar surface area (TPSA) is 63.0 Å². The molecule has 5 nitrogen and oxygen atoms in total. The Labute approximate surface area is 82.1 Å². The minimum atomic E-state index is -0.0704. The molecule has 0 saturated heterocycles. The molecule has 0 bridgehead atoms. The Morgan fingerprint density at radius 2 is 2.29 bits per heavy atom. The Hall–Kier alpha value is -1.10. The van der Waals surface area contributed by atoms with Crippen molar-refractivity contribution in [3.8, 4) is 0 Å². The molecule has 76 valence electrons. The monoisotopic (exact) mass is 194 g/mol. The summed E-state index contributed by atoms with van der Waals surface area (Å²) in [5.74, 6) is 2.15. The first-order valence-corrected chi connectivity index (χ1v) is 5.18. The van der Waals surface area contributed by atoms with Gasteiger partial charge in [0.25, 0.3) is 0 Å². The second-order valence-corrected chi connectivity index (χ2v) is 4.07. The summed E-state index contributed by atoms with van der Waals surface area (Å²) in [4.78, 5) is 4.22. The summed E-state index contributed by atoms with van der Waals surface area (Å²) in [6.07, 6.45) is 3.77. The smallest absolute Gasteiger partial charge is 0.221 e. The molecule has 1 unspecified atom stereocenters. The molecule has 0 aromatic carbocycles. The number of aliphatic hydroxyl groups excluding tert-OH is 1. The molecule has 14 heavy (non-hydrogen) atoms. The third-order valence-corrected chi connectivity index (χ3v) is 3.02. The van der Waals surface area contributed by atoms with Gasteiger partial charge in [0.1, 0.15) is 6.61 Å². The first kappa shape index (κ1) is 8.23. The molecule has 2 aliphatic rings. The van der Waals surface area contributed by atoms with E-state index in [1.807, 2.05) is 4.68 Å². The van der Waals surface area contributed by atoms with Crippen LogP contribution in [-0.2, 0) is 6.61 Å². The Morgan fingerprint density at radius 1 is 1.43 bits per heavy atom. The van der Waals surface area contributed by atoms with Gasteiger partial charge >= 0.3 is 0 Å². The van der Waals surface area contributed by atoms with Crippen LogP contribution in [0.1, 0.15) is 31.1 Å². The number of fused-ring (bicyclic) bond motifs is 1. The molecule has 5 heteroatoms. The summed E-state index contributed by atoms with van der Waals surface area (Å²) in [6, 6.07) is 0.513. The quantitative estimate of drug-likeness (QED) is 0.721. The zero-order chi connectivity index (χ0) is 9.54. The lowest BCUT2D eigenvalue weighted by Gasteiger charge is -2.23. The van der Waals surface area contributed by atoms with Crippen LogP contribution < -0.4 is 5.32 Å². The van der Waals surface area contributed by atoms with Crippen LogP contribution in [0.5, 0.6) is 0 Å². The van der Waals surface area contributed by atoms with E-state index in [9.17, 15) is 0 Å². The van der Waals surface area contributed by atoms with Crippen LogP contribution in [0.25, 0.3) is 0 Å². The highest BCUT2D eigenvalue weighted by Crippen LogP contribution is 2.43. The number of anilines is 1. The van der Waals surface area contributed by atoms with Gasteiger partial charge in [-0.15, -0.1) is 0 Å². The highest BCUT2D eigenvalue weighted by molar-refractivity contribution is 5.28. The number of hydrogen-bond acceptors (Lipinski definition) is 4. The minimum Gasteiger partial charge on any atom is -0.388 e. The largest absolute Gasteiger partial charge is 0.388 e. The summed E-state index contributed by atoms with van der Waals surface area (Å²) in [5.41, 5.74) is 0. The van der Waals surface area contributed by atoms with Crippen molar-refractivity contribution in [1.29, 1.82) is 0 Å². The normalized spacial score (nSPS) is 25.6. The van der Waals surface area contributed by atoms with Crippen LogP contribution in [-0.4, -0.2) is 26.4 Å². The lowest BCUT2D eigenvalue weighted by atomic mass is 10.1. The zero-order valence-corrected chi connectivity index (χ0v) is 7.98. The van der Waals surface area contributed by atoms with Crippen LogP contribution >= 0.6 is 0 Å². The summed E-state index contributed by atoms with van der Waals surface area (Å²) in [7, 11) is 0. The number of aromatic nitrogens is 3. The van der Waals surface area contributed by atoms with E-state index < -0.39 is 0 Å². The second-order valence-electron chi connectivity index (χ2n) is 4.07. The van der Waals surface area contributed by atoms with Gasteiger partial charge in [0.05, 0.1) is 6.04 Å². The standard InChI is InChI=1S/C9H14N4O/c14-5-8-11-9-10-4-3-7(6-1-2-6)13(9)12-8/h6-7,14H,1-5H2,(H,10,11,12). The molecule has 1 saturated carbocycles. The van der Waals surface area contributed by atoms with E-state index >= 15 is 0 Å². The first-order valence-electron chi connectivity index (χ1n) is 5.18. The number of rotatable bonds is 2. The molecule has 2 N–H and O–H groups in total. The number of aliphatic hydroxyl groups is 1. The molecule has 0 spiro atoms. The molecule has 1 fully saturated rings. The lowest BCUT2D eigenvalue weighted by molar-refractivity contribution is 0.268. The van der Waals surface area contributed by atoms with Gasteiger partial charge in [0.2, 0.25) is 5.95 Å². The maximum absolute atomic E-state index is 8.96. The fourth-order valence-electron chi connectivity index (χ4n) is 2.16. The molecule has 1 aliphatic heterocycles. The minimum absolute atomic E-state index is 0.0704. The average molecular weight is 194 g/mol. The molecule has 1 aromatic rings. The Balaban J connectivity index is 1.95. The van der Waals surface area contributed by atoms with Crippen molar-refractivity contribution in [2.45, 2.75) is 31.9 Å². The van der Waals surface area contributed by atoms with Gasteiger partial charge < -0.3 is 10.4 Å². The summed E-state index contributed by atoms with van der Waals surface area (Å²) in [5, 5.41) is 16.5. The van der Waals surface area contributed by atoms with Gasteiger partial charge in [0, 0.05) is 6.54 Å². The molecular weight excluding hydrogens is 180 g/mol. The lowest BCUT2D eigenvalue weighted by Crippen LogP contribution is -2.25. The summed E-state index contributed by atoms with van der Waals surface area (Å²) in [6.45, 7) is 0.907. The molecule has 1 aliphatic carbocycles. The molecule has 2 heterocycles. The highest BCUT2D eigenvalue weighted by atomic mass is 16.3. The van der Waals surface area contributed by atoms with Crippen LogP contribution in [0.15, 0.2) is 0 Å². The zero-order valence-electron chi connectivity index (χ0n) is 7.98. The van der Waals surface area contributed by atoms with Gasteiger partial charge in [0.15, 0.2) is 5.82 Å². The maximum atomic E-state index is 8.96. The third kappa shape index (κ3) is 1.19. The fraction of sp³-hybridized carbons (Fsp3) is 0.778. The second kappa shape index (κ2) is 2.95. The predicted molar refractivity (Wildman–Crippen MR) is 50.8 cm³/mol. The van der Waals surface area contributed by atoms with Gasteiger partial charge in [-0.1, -0.05) is 0 Å². The number of hydrogen-bond donors (Lipinski definition) is 2. The molecule has 0 amide bonds. The van der Waals surface area contributed by atoms with Gasteiger partial charge in [-0.2, -0.15) is 10.1 Å². The van der Waals surface area contributed by atoms with Gasteiger partial charge in [-0.05, 0) is 25.2 Å². The maximum Gasteiger partial charge on any atom is 0.221 e. The van der Waals surface area contributed by atoms with Crippen LogP contribution in [0, 0.1) is 5.92 Å². The van der Waals surface area contributed by atoms with E-state index in [1.54, 1.807) is 0 Å². The number of nitrogens with one attached hydrogen (secondary N) is 1. The molecule has 1 aromatic heterocycles. The summed E-state index contributed by atoms with van der Waals surface area (Å²) >= 11 is 0. The predicted octanol–water partition coefficient (Wildman–Crippen LogP) is 0.537. The van der Waals surface area contributed by atoms with E-state index in [4.69, 9.17) is 5.11 Å². The van der Waals surface area contributed by atoms with Crippen molar-refractivity contribution < 1.29 is 5.11 Å². The van der Waals surface area contributed by atoms with Gasteiger partial charge in [-0.25, -0.2) is 4.68 Å². The van der Waals surface area contributed by atoms with Crippen molar-refractivity contribution in [1.82, 2.24) is 14.8 Å². The van der Waals surface area contributed by atoms with E-state index in [-0.39, 0.29) is 6.61 Å². The van der Waals surface area contributed by atoms with Gasteiger partial charge in [-0.3, -0.25) is 0 Å². The molecule has 0 radical (unpaired) electrons. The molecule has 1 atom stereocenters. The first-order chi connectivity index (χ1) is 6.88. The molecule has 3 rings (SSSR count). The SMILES string of the molecule is OCc1nc2n(n1)C(C1CC1)CCN2. The van der Waals surface area contributed by atoms with Crippen molar-refractivity contribution in [2.24, 2.45) is 5.92 Å². The average Bonchev–Trinajstić information content (AvgIpc) is 2.96. The van der Waals surface area contributed by atoms with E-state index in [1.165, 1.54) is 12.8 Å². The number of nitrogens with zero attached hydrogens (tertiary/aromatic N) is 3.